The topological polar surface area (TPSA) is 144 Å². The number of aromatic nitrogens is 2. The van der Waals surface area contributed by atoms with Gasteiger partial charge in [0, 0.05) is 37.0 Å². The zero-order valence-corrected chi connectivity index (χ0v) is 23.3. The van der Waals surface area contributed by atoms with Crippen molar-refractivity contribution in [3.05, 3.63) is 47.4 Å². The van der Waals surface area contributed by atoms with Crippen molar-refractivity contribution in [1.82, 2.24) is 9.97 Å². The number of carbonyl (C=O) groups excluding carboxylic acids is 1. The number of nitrogens with zero attached hydrogens (tertiary/aromatic N) is 3. The van der Waals surface area contributed by atoms with Gasteiger partial charge >= 0.3 is 19.5 Å². The first-order valence-corrected chi connectivity index (χ1v) is 12.0. The maximum Gasteiger partial charge on any atom is 2.00 e. The standard InChI is InChI=1S/C22H28FN3O6S.Zn/c1-13(2)20-18(10-9-16(27)11-17(28)12-19(29)30)21(14-5-7-15(23)8-6-14)25-22(24-20)26(3)33(4,31)32;/h5-10,13,16-17,27-28H,11-12H2,1-4H3,(H,29,30);/q;+2/p-1/b10-9+;/t16-,17-;/m1./s1. The van der Waals surface area contributed by atoms with Crippen LogP contribution in [0.3, 0.4) is 0 Å². The molecule has 180 valence electrons. The molecule has 2 rings (SSSR count). The fourth-order valence-electron chi connectivity index (χ4n) is 3.04. The van der Waals surface area contributed by atoms with Crippen molar-refractivity contribution < 1.29 is 52.4 Å². The molecule has 0 bridgehead atoms. The van der Waals surface area contributed by atoms with Gasteiger partial charge in [-0.2, -0.15) is 0 Å². The molecule has 0 spiro atoms. The van der Waals surface area contributed by atoms with Gasteiger partial charge in [-0.1, -0.05) is 26.0 Å². The normalized spacial score (nSPS) is 13.5. The Hall–Kier alpha value is -2.27. The summed E-state index contributed by atoms with van der Waals surface area (Å²) in [6.45, 7) is 3.69. The SMILES string of the molecule is CC(C)c1nc(N(C)S(C)(=O)=O)nc(-c2ccc(F)cc2)c1/C=C/[C@@H](O)C[C@@H](O)CC(=O)[O-].[Zn+2]. The van der Waals surface area contributed by atoms with Crippen molar-refractivity contribution in [3.63, 3.8) is 0 Å². The molecule has 12 heteroatoms. The maximum absolute atomic E-state index is 13.5. The summed E-state index contributed by atoms with van der Waals surface area (Å²) < 4.78 is 38.6. The Balaban J connectivity index is 0.00000578. The van der Waals surface area contributed by atoms with E-state index in [0.29, 0.717) is 22.5 Å². The van der Waals surface area contributed by atoms with E-state index in [4.69, 9.17) is 0 Å². The number of aliphatic carboxylic acids is 1. The zero-order chi connectivity index (χ0) is 24.9. The summed E-state index contributed by atoms with van der Waals surface area (Å²) in [5.74, 6) is -2.14. The molecule has 0 aliphatic rings. The molecule has 2 atom stereocenters. The molecule has 1 aromatic carbocycles. The van der Waals surface area contributed by atoms with E-state index in [-0.39, 0.29) is 37.8 Å². The van der Waals surface area contributed by atoms with Gasteiger partial charge in [0.1, 0.15) is 5.82 Å². The molecule has 34 heavy (non-hydrogen) atoms. The number of aliphatic hydroxyl groups excluding tert-OH is 2. The fourth-order valence-corrected chi connectivity index (χ4v) is 3.41. The molecule has 0 saturated heterocycles. The van der Waals surface area contributed by atoms with Crippen LogP contribution in [0, 0.1) is 5.82 Å². The number of carbonyl (C=O) groups is 1. The average molecular weight is 546 g/mol. The van der Waals surface area contributed by atoms with Gasteiger partial charge in [-0.05, 0) is 30.2 Å². The zero-order valence-electron chi connectivity index (χ0n) is 19.5. The summed E-state index contributed by atoms with van der Waals surface area (Å²) in [5, 5.41) is 30.6. The second kappa shape index (κ2) is 12.4. The smallest absolute Gasteiger partial charge is 0.550 e. The number of carboxylic acids is 1. The molecular formula is C22H27FN3O6SZn+. The Labute approximate surface area is 211 Å². The third-order valence-corrected chi connectivity index (χ3v) is 5.97. The van der Waals surface area contributed by atoms with E-state index in [1.807, 2.05) is 13.8 Å². The Morgan fingerprint density at radius 2 is 1.79 bits per heavy atom. The van der Waals surface area contributed by atoms with Crippen LogP contribution >= 0.6 is 0 Å². The molecule has 9 nitrogen and oxygen atoms in total. The Morgan fingerprint density at radius 3 is 2.29 bits per heavy atom. The van der Waals surface area contributed by atoms with Crippen molar-refractivity contribution in [1.29, 1.82) is 0 Å². The second-order valence-electron chi connectivity index (χ2n) is 7.96. The molecule has 1 aromatic heterocycles. The van der Waals surface area contributed by atoms with Gasteiger partial charge in [-0.15, -0.1) is 0 Å². The van der Waals surface area contributed by atoms with Crippen LogP contribution in [0.1, 0.15) is 43.9 Å². The number of rotatable bonds is 10. The third-order valence-electron chi connectivity index (χ3n) is 4.81. The molecule has 0 aliphatic heterocycles. The molecule has 2 N–H and O–H groups in total. The Bertz CT molecular complexity index is 1130. The van der Waals surface area contributed by atoms with Crippen molar-refractivity contribution in [2.45, 2.75) is 44.8 Å². The van der Waals surface area contributed by atoms with Crippen LogP contribution in [-0.4, -0.2) is 60.1 Å². The number of anilines is 1. The first kappa shape index (κ1) is 29.8. The molecule has 2 aromatic rings. The number of aliphatic hydroxyl groups is 2. The summed E-state index contributed by atoms with van der Waals surface area (Å²) in [6, 6.07) is 5.46. The van der Waals surface area contributed by atoms with Crippen LogP contribution in [-0.2, 0) is 34.3 Å². The first-order valence-electron chi connectivity index (χ1n) is 10.2. The van der Waals surface area contributed by atoms with E-state index in [1.54, 1.807) is 0 Å². The van der Waals surface area contributed by atoms with E-state index in [1.165, 1.54) is 43.5 Å². The van der Waals surface area contributed by atoms with Gasteiger partial charge in [0.15, 0.2) is 0 Å². The van der Waals surface area contributed by atoms with Gasteiger partial charge in [-0.3, -0.25) is 0 Å². The third kappa shape index (κ3) is 8.19. The minimum absolute atomic E-state index is 0. The quantitative estimate of drug-likeness (QED) is 0.422. The summed E-state index contributed by atoms with van der Waals surface area (Å²) in [5.41, 5.74) is 1.76. The minimum atomic E-state index is -3.66. The largest absolute Gasteiger partial charge is 2.00 e. The number of carboxylic acid groups (broad SMARTS) is 1. The molecule has 0 radical (unpaired) electrons. The van der Waals surface area contributed by atoms with Crippen molar-refractivity contribution in [2.24, 2.45) is 0 Å². The molecule has 0 fully saturated rings. The van der Waals surface area contributed by atoms with Gasteiger partial charge < -0.3 is 20.1 Å². The molecule has 0 aliphatic carbocycles. The van der Waals surface area contributed by atoms with E-state index in [2.05, 4.69) is 9.97 Å². The minimum Gasteiger partial charge on any atom is -0.550 e. The number of sulfonamides is 1. The molecule has 1 heterocycles. The summed E-state index contributed by atoms with van der Waals surface area (Å²) >= 11 is 0. The van der Waals surface area contributed by atoms with Crippen LogP contribution in [0.25, 0.3) is 17.3 Å². The predicted octanol–water partition coefficient (Wildman–Crippen LogP) is 1.06. The Morgan fingerprint density at radius 1 is 1.21 bits per heavy atom. The number of benzene rings is 1. The second-order valence-corrected chi connectivity index (χ2v) is 9.97. The number of halogens is 1. The van der Waals surface area contributed by atoms with Crippen LogP contribution in [0.15, 0.2) is 30.3 Å². The average Bonchev–Trinajstić information content (AvgIpc) is 2.70. The fraction of sp³-hybridized carbons (Fsp3) is 0.409. The number of hydrogen-bond acceptors (Lipinski definition) is 8. The number of hydrogen-bond donors (Lipinski definition) is 2. The van der Waals surface area contributed by atoms with E-state index in [9.17, 15) is 32.9 Å². The summed E-state index contributed by atoms with van der Waals surface area (Å²) in [7, 11) is -2.34. The van der Waals surface area contributed by atoms with Crippen LogP contribution < -0.4 is 9.41 Å². The van der Waals surface area contributed by atoms with Crippen LogP contribution in [0.5, 0.6) is 0 Å². The summed E-state index contributed by atoms with van der Waals surface area (Å²) in [6.07, 6.45) is 0.578. The van der Waals surface area contributed by atoms with E-state index < -0.39 is 40.4 Å². The van der Waals surface area contributed by atoms with Crippen LogP contribution in [0.4, 0.5) is 10.3 Å². The van der Waals surface area contributed by atoms with Gasteiger partial charge in [0.25, 0.3) is 0 Å². The predicted molar refractivity (Wildman–Crippen MR) is 120 cm³/mol. The molecule has 0 saturated carbocycles. The molecular weight excluding hydrogens is 519 g/mol. The molecule has 0 amide bonds. The van der Waals surface area contributed by atoms with Gasteiger partial charge in [0.2, 0.25) is 16.0 Å². The van der Waals surface area contributed by atoms with Crippen molar-refractivity contribution in [3.8, 4) is 11.3 Å². The van der Waals surface area contributed by atoms with Gasteiger partial charge in [0.05, 0.1) is 29.9 Å². The van der Waals surface area contributed by atoms with Gasteiger partial charge in [-0.25, -0.2) is 27.1 Å². The molecule has 0 unspecified atom stereocenters. The van der Waals surface area contributed by atoms with Crippen molar-refractivity contribution >= 4 is 28.0 Å². The van der Waals surface area contributed by atoms with Crippen LogP contribution in [0.2, 0.25) is 0 Å². The summed E-state index contributed by atoms with van der Waals surface area (Å²) in [4.78, 5) is 19.4. The monoisotopic (exact) mass is 544 g/mol. The van der Waals surface area contributed by atoms with E-state index >= 15 is 0 Å². The Kier molecular flexibility index (Phi) is 10.9. The first-order chi connectivity index (χ1) is 15.3. The maximum atomic E-state index is 13.5. The van der Waals surface area contributed by atoms with E-state index in [0.717, 1.165) is 10.6 Å². The van der Waals surface area contributed by atoms with Crippen molar-refractivity contribution in [2.75, 3.05) is 17.6 Å².